The number of thioether (sulfide) groups is 1. The predicted octanol–water partition coefficient (Wildman–Crippen LogP) is 5.09. The fourth-order valence-corrected chi connectivity index (χ4v) is 4.93. The predicted molar refractivity (Wildman–Crippen MR) is 109 cm³/mol. The third-order valence-electron chi connectivity index (χ3n) is 3.88. The molecule has 4 rings (SSSR count). The first-order chi connectivity index (χ1) is 11.7. The third kappa shape index (κ3) is 2.68. The minimum absolute atomic E-state index is 0.498. The van der Waals surface area contributed by atoms with Gasteiger partial charge in [-0.05, 0) is 34.4 Å². The van der Waals surface area contributed by atoms with Crippen molar-refractivity contribution in [3.8, 4) is 5.88 Å². The fraction of sp³-hybridized carbons (Fsp3) is 0.176. The Bertz CT molecular complexity index is 1030. The first-order valence-corrected chi connectivity index (χ1v) is 10.5. The Hall–Kier alpha value is -1.32. The average molecular weight is 467 g/mol. The quantitative estimate of drug-likeness (QED) is 0.238. The van der Waals surface area contributed by atoms with E-state index in [0.29, 0.717) is 12.5 Å². The van der Waals surface area contributed by atoms with Crippen molar-refractivity contribution in [3.63, 3.8) is 0 Å². The zero-order chi connectivity index (χ0) is 16.7. The number of hydrogen-bond acceptors (Lipinski definition) is 5. The van der Waals surface area contributed by atoms with Gasteiger partial charge in [0.25, 0.3) is 0 Å². The number of thiophene rings is 1. The van der Waals surface area contributed by atoms with Crippen molar-refractivity contribution in [1.29, 1.82) is 0 Å². The van der Waals surface area contributed by atoms with Gasteiger partial charge >= 0.3 is 0 Å². The molecule has 1 aromatic carbocycles. The van der Waals surface area contributed by atoms with Gasteiger partial charge in [-0.15, -0.1) is 11.3 Å². The molecule has 0 amide bonds. The molecule has 4 nitrogen and oxygen atoms in total. The minimum Gasteiger partial charge on any atom is -0.472 e. The van der Waals surface area contributed by atoms with E-state index in [2.05, 4.69) is 56.7 Å². The van der Waals surface area contributed by atoms with E-state index >= 15 is 0 Å². The first-order valence-electron chi connectivity index (χ1n) is 7.33. The second-order valence-corrected chi connectivity index (χ2v) is 8.78. The van der Waals surface area contributed by atoms with Crippen molar-refractivity contribution in [2.24, 2.45) is 7.05 Å². The first kappa shape index (κ1) is 16.2. The van der Waals surface area contributed by atoms with E-state index in [4.69, 9.17) is 9.72 Å². The summed E-state index contributed by atoms with van der Waals surface area (Å²) in [4.78, 5) is 9.32. The molecule has 0 fully saturated rings. The lowest BCUT2D eigenvalue weighted by Gasteiger charge is -2.08. The van der Waals surface area contributed by atoms with Crippen LogP contribution in [0, 0.1) is 2.88 Å². The molecule has 0 spiro atoms. The highest BCUT2D eigenvalue weighted by molar-refractivity contribution is 14.1. The van der Waals surface area contributed by atoms with Gasteiger partial charge in [-0.1, -0.05) is 42.1 Å². The van der Waals surface area contributed by atoms with Crippen molar-refractivity contribution < 1.29 is 4.74 Å². The Kier molecular flexibility index (Phi) is 4.40. The number of halogens is 1. The van der Waals surface area contributed by atoms with E-state index in [1.54, 1.807) is 11.3 Å². The molecule has 0 atom stereocenters. The zero-order valence-electron chi connectivity index (χ0n) is 13.1. The van der Waals surface area contributed by atoms with E-state index in [9.17, 15) is 0 Å². The molecular formula is C17H14IN3OS2. The smallest absolute Gasteiger partial charge is 0.228 e. The Morgan fingerprint density at radius 2 is 2.04 bits per heavy atom. The molecule has 0 aliphatic carbocycles. The van der Waals surface area contributed by atoms with Crippen molar-refractivity contribution in [2.75, 3.05) is 6.26 Å². The highest BCUT2D eigenvalue weighted by Gasteiger charge is 2.20. The normalized spacial score (nSPS) is 11.5. The Morgan fingerprint density at radius 3 is 2.79 bits per heavy atom. The molecule has 0 aliphatic heterocycles. The summed E-state index contributed by atoms with van der Waals surface area (Å²) in [6.45, 7) is 0.498. The van der Waals surface area contributed by atoms with Crippen LogP contribution in [-0.4, -0.2) is 20.8 Å². The second-order valence-electron chi connectivity index (χ2n) is 5.32. The summed E-state index contributed by atoms with van der Waals surface area (Å²) in [6.07, 6.45) is 1.98. The molecule has 24 heavy (non-hydrogen) atoms. The Labute approximate surface area is 161 Å². The van der Waals surface area contributed by atoms with Gasteiger partial charge in [-0.25, -0.2) is 4.98 Å². The van der Waals surface area contributed by atoms with Gasteiger partial charge in [0.2, 0.25) is 5.88 Å². The van der Waals surface area contributed by atoms with Crippen LogP contribution in [0.15, 0.2) is 40.9 Å². The fourth-order valence-electron chi connectivity index (χ4n) is 2.73. The number of aryl methyl sites for hydroxylation is 1. The van der Waals surface area contributed by atoms with E-state index in [-0.39, 0.29) is 0 Å². The van der Waals surface area contributed by atoms with Gasteiger partial charge in [-0.3, -0.25) is 0 Å². The second kappa shape index (κ2) is 6.53. The highest BCUT2D eigenvalue weighted by Crippen LogP contribution is 2.39. The molecule has 3 heterocycles. The van der Waals surface area contributed by atoms with Crippen LogP contribution in [0.25, 0.3) is 21.9 Å². The monoisotopic (exact) mass is 467 g/mol. The summed E-state index contributed by atoms with van der Waals surface area (Å²) in [6, 6.07) is 10.2. The average Bonchev–Trinajstić information content (AvgIpc) is 3.13. The maximum Gasteiger partial charge on any atom is 0.228 e. The lowest BCUT2D eigenvalue weighted by atomic mass is 10.2. The lowest BCUT2D eigenvalue weighted by molar-refractivity contribution is 0.295. The van der Waals surface area contributed by atoms with Crippen LogP contribution < -0.4 is 4.74 Å². The van der Waals surface area contributed by atoms with Gasteiger partial charge in [0.15, 0.2) is 5.16 Å². The number of fused-ring (bicyclic) bond motifs is 3. The maximum atomic E-state index is 6.10. The van der Waals surface area contributed by atoms with Gasteiger partial charge in [0, 0.05) is 17.8 Å². The summed E-state index contributed by atoms with van der Waals surface area (Å²) in [5, 5.41) is 5.06. The van der Waals surface area contributed by atoms with Crippen LogP contribution in [0.4, 0.5) is 0 Å². The molecule has 0 N–H and O–H groups in total. The van der Waals surface area contributed by atoms with Crippen LogP contribution in [0.1, 0.15) is 5.56 Å². The van der Waals surface area contributed by atoms with Gasteiger partial charge in [0.1, 0.15) is 12.3 Å². The summed E-state index contributed by atoms with van der Waals surface area (Å²) in [5.74, 6) is 0.660. The van der Waals surface area contributed by atoms with Gasteiger partial charge in [0.05, 0.1) is 13.8 Å². The summed E-state index contributed by atoms with van der Waals surface area (Å²) in [7, 11) is 2.05. The van der Waals surface area contributed by atoms with Crippen molar-refractivity contribution in [2.45, 2.75) is 11.8 Å². The summed E-state index contributed by atoms with van der Waals surface area (Å²) in [5.41, 5.74) is 3.25. The molecule has 3 aromatic heterocycles. The van der Waals surface area contributed by atoms with Gasteiger partial charge in [-0.2, -0.15) is 4.98 Å². The molecule has 0 radical (unpaired) electrons. The van der Waals surface area contributed by atoms with E-state index in [0.717, 1.165) is 27.1 Å². The summed E-state index contributed by atoms with van der Waals surface area (Å²) >= 11 is 5.64. The van der Waals surface area contributed by atoms with Crippen LogP contribution in [0.5, 0.6) is 5.88 Å². The van der Waals surface area contributed by atoms with Crippen LogP contribution in [0.2, 0.25) is 0 Å². The van der Waals surface area contributed by atoms with Crippen LogP contribution in [-0.2, 0) is 13.7 Å². The zero-order valence-corrected chi connectivity index (χ0v) is 16.9. The molecule has 0 saturated heterocycles. The largest absolute Gasteiger partial charge is 0.472 e. The molecule has 0 aliphatic rings. The lowest BCUT2D eigenvalue weighted by Crippen LogP contribution is -2.01. The number of rotatable bonds is 4. The highest BCUT2D eigenvalue weighted by atomic mass is 127. The third-order valence-corrected chi connectivity index (χ3v) is 6.46. The number of benzene rings is 1. The minimum atomic E-state index is 0.498. The molecule has 0 unspecified atom stereocenters. The topological polar surface area (TPSA) is 39.9 Å². The van der Waals surface area contributed by atoms with Crippen LogP contribution in [0.3, 0.4) is 0 Å². The standard InChI is InChI=1S/C17H14IN3OS2/c1-21-13-11(9-24-14(13)18)12-15(21)19-17(23-2)20-16(12)22-8-10-6-4-3-5-7-10/h3-7,9H,8H2,1-2H3. The van der Waals surface area contributed by atoms with Crippen molar-refractivity contribution in [3.05, 3.63) is 44.2 Å². The number of nitrogens with zero attached hydrogens (tertiary/aromatic N) is 3. The number of ether oxygens (including phenoxy) is 1. The molecule has 0 saturated carbocycles. The van der Waals surface area contributed by atoms with E-state index < -0.39 is 0 Å². The number of aromatic nitrogens is 3. The SMILES string of the molecule is CSc1nc(OCc2ccccc2)c2c3csc(I)c3n(C)c2n1. The Morgan fingerprint density at radius 1 is 1.25 bits per heavy atom. The van der Waals surface area contributed by atoms with Crippen molar-refractivity contribution >= 4 is 67.6 Å². The van der Waals surface area contributed by atoms with E-state index in [1.807, 2.05) is 24.5 Å². The number of hydrogen-bond donors (Lipinski definition) is 0. The van der Waals surface area contributed by atoms with Gasteiger partial charge < -0.3 is 9.30 Å². The Balaban J connectivity index is 1.87. The van der Waals surface area contributed by atoms with E-state index in [1.165, 1.54) is 20.2 Å². The molecular weight excluding hydrogens is 453 g/mol. The molecule has 7 heteroatoms. The van der Waals surface area contributed by atoms with Crippen molar-refractivity contribution in [1.82, 2.24) is 14.5 Å². The molecule has 4 aromatic rings. The summed E-state index contributed by atoms with van der Waals surface area (Å²) < 4.78 is 9.49. The molecule has 0 bridgehead atoms. The molecule has 122 valence electrons. The maximum absolute atomic E-state index is 6.10. The van der Waals surface area contributed by atoms with Crippen LogP contribution >= 0.6 is 45.7 Å².